The normalized spacial score (nSPS) is 17.1. The Bertz CT molecular complexity index is 147. The molecule has 1 aliphatic heterocycles. The van der Waals surface area contributed by atoms with E-state index >= 15 is 0 Å². The zero-order valence-corrected chi connectivity index (χ0v) is 7.32. The summed E-state index contributed by atoms with van der Waals surface area (Å²) in [6.07, 6.45) is -0.880. The molecule has 0 atom stereocenters. The number of carbonyl (C=O) groups is 1. The van der Waals surface area contributed by atoms with Crippen LogP contribution >= 0.6 is 0 Å². The van der Waals surface area contributed by atoms with Gasteiger partial charge < -0.3 is 0 Å². The second-order valence-electron chi connectivity index (χ2n) is 0.961. The van der Waals surface area contributed by atoms with Crippen LogP contribution in [-0.4, -0.2) is 34.3 Å². The van der Waals surface area contributed by atoms with E-state index < -0.39 is 34.3 Å². The molecule has 1 fully saturated rings. The van der Waals surface area contributed by atoms with Gasteiger partial charge in [-0.3, -0.25) is 0 Å². The van der Waals surface area contributed by atoms with Crippen molar-refractivity contribution in [2.45, 2.75) is 0 Å². The van der Waals surface area contributed by atoms with Gasteiger partial charge in [-0.1, -0.05) is 0 Å². The van der Waals surface area contributed by atoms with Gasteiger partial charge >= 0.3 is 57.8 Å². The molecule has 8 heteroatoms. The number of hydrogen-bond donors (Lipinski definition) is 0. The number of hydrogen-bond acceptors (Lipinski definition) is 6. The zero-order chi connectivity index (χ0) is 6.85. The zero-order valence-electron chi connectivity index (χ0n) is 3.84. The van der Waals surface area contributed by atoms with Crippen LogP contribution in [0.25, 0.3) is 0 Å². The monoisotopic (exact) mass is 331 g/mol. The van der Waals surface area contributed by atoms with Crippen molar-refractivity contribution in [3.8, 4) is 0 Å². The fraction of sp³-hybridized carbons (Fsp3) is 0. The summed E-state index contributed by atoms with van der Waals surface area (Å²) in [5.74, 6) is 0. The van der Waals surface area contributed by atoms with Crippen LogP contribution in [0, 0.1) is 10.1 Å². The summed E-state index contributed by atoms with van der Waals surface area (Å²) < 4.78 is 12.1. The van der Waals surface area contributed by atoms with Crippen LogP contribution in [0.15, 0.2) is 0 Å². The molecule has 0 aromatic heterocycles. The van der Waals surface area contributed by atoms with Crippen LogP contribution < -0.4 is 0 Å². The summed E-state index contributed by atoms with van der Waals surface area (Å²) in [6, 6.07) is 0. The van der Waals surface area contributed by atoms with Crippen molar-refractivity contribution in [3.63, 3.8) is 0 Å². The summed E-state index contributed by atoms with van der Waals surface area (Å²) in [5.41, 5.74) is 0. The Morgan fingerprint density at radius 2 is 2.22 bits per heavy atom. The summed E-state index contributed by atoms with van der Waals surface area (Å²) in [5, 5.41) is 8.45. The van der Waals surface area contributed by atoms with Crippen molar-refractivity contribution in [1.29, 1.82) is 0 Å². The number of carbonyl (C=O) groups excluding carboxylic acids is 1. The van der Waals surface area contributed by atoms with E-state index in [1.807, 2.05) is 0 Å². The van der Waals surface area contributed by atoms with Crippen LogP contribution in [0.2, 0.25) is 0 Å². The molecule has 0 N–H and O–H groups in total. The third kappa shape index (κ3) is 1.63. The molecule has 0 radical (unpaired) electrons. The molecule has 0 aromatic carbocycles. The van der Waals surface area contributed by atoms with Gasteiger partial charge in [-0.25, -0.2) is 0 Å². The summed E-state index contributed by atoms with van der Waals surface area (Å²) in [7, 11) is 0. The number of rotatable bonds is 2. The minimum atomic E-state index is -3.23. The van der Waals surface area contributed by atoms with E-state index in [0.29, 0.717) is 0 Å². The summed E-state index contributed by atoms with van der Waals surface area (Å²) in [6.45, 7) is 0. The van der Waals surface area contributed by atoms with E-state index in [4.69, 9.17) is 0 Å². The Hall–Kier alpha value is -0.647. The van der Waals surface area contributed by atoms with Gasteiger partial charge in [-0.05, 0) is 0 Å². The van der Waals surface area contributed by atoms with Crippen molar-refractivity contribution >= 4 is 29.2 Å². The molecule has 0 aromatic rings. The maximum atomic E-state index is 9.80. The van der Waals surface area contributed by atoms with Gasteiger partial charge in [0.1, 0.15) is 0 Å². The molecule has 9 heavy (non-hydrogen) atoms. The second kappa shape index (κ2) is 2.30. The van der Waals surface area contributed by atoms with Crippen LogP contribution in [0.5, 0.6) is 0 Å². The van der Waals surface area contributed by atoms with Gasteiger partial charge in [-0.15, -0.1) is 0 Å². The van der Waals surface area contributed by atoms with Gasteiger partial charge in [0.2, 0.25) is 0 Å². The van der Waals surface area contributed by atoms with Gasteiger partial charge in [0.25, 0.3) is 0 Å². The standard InChI is InChI=1S/CH2O3.Bi.NO3/c2-1(3)4;;2-1(3)4/h(H2,2,3,4);;/q;+3;-1/p-2. The predicted molar refractivity (Wildman–Crippen MR) is 21.4 cm³/mol. The molecule has 0 spiro atoms. The minimum absolute atomic E-state index is 0.880. The SMILES string of the molecule is O=C1[O][Bi]([O][N+](=O)[O-])[O]1. The van der Waals surface area contributed by atoms with Crippen LogP contribution in [0.1, 0.15) is 0 Å². The van der Waals surface area contributed by atoms with E-state index in [9.17, 15) is 14.9 Å². The molecule has 0 amide bonds. The van der Waals surface area contributed by atoms with Crippen molar-refractivity contribution in [2.24, 2.45) is 0 Å². The van der Waals surface area contributed by atoms with Gasteiger partial charge in [0.05, 0.1) is 0 Å². The Balaban J connectivity index is 2.18. The van der Waals surface area contributed by atoms with Gasteiger partial charge in [0.15, 0.2) is 0 Å². The first kappa shape index (κ1) is 6.47. The molecular formula is CBiNO6. The molecule has 0 aliphatic carbocycles. The number of nitrogens with zero attached hydrogens (tertiary/aromatic N) is 1. The fourth-order valence-electron chi connectivity index (χ4n) is 0.216. The van der Waals surface area contributed by atoms with Crippen molar-refractivity contribution in [2.75, 3.05) is 0 Å². The van der Waals surface area contributed by atoms with Crippen LogP contribution in [0.4, 0.5) is 4.79 Å². The molecule has 1 rings (SSSR count). The van der Waals surface area contributed by atoms with Gasteiger partial charge in [0, 0.05) is 0 Å². The van der Waals surface area contributed by atoms with E-state index in [1.165, 1.54) is 0 Å². The average molecular weight is 331 g/mol. The first-order valence-electron chi connectivity index (χ1n) is 1.71. The Kier molecular flexibility index (Phi) is 1.66. The molecule has 0 unspecified atom stereocenters. The molecular weight excluding hydrogens is 331 g/mol. The van der Waals surface area contributed by atoms with Crippen molar-refractivity contribution in [3.05, 3.63) is 10.1 Å². The third-order valence-corrected chi connectivity index (χ3v) is 3.79. The van der Waals surface area contributed by atoms with Gasteiger partial charge in [-0.2, -0.15) is 0 Å². The summed E-state index contributed by atoms with van der Waals surface area (Å²) >= 11 is -3.23. The molecule has 0 saturated carbocycles. The van der Waals surface area contributed by atoms with Crippen LogP contribution in [0.3, 0.4) is 0 Å². The molecule has 1 saturated heterocycles. The van der Waals surface area contributed by atoms with E-state index in [2.05, 4.69) is 8.54 Å². The second-order valence-corrected chi connectivity index (χ2v) is 4.75. The molecule has 0 bridgehead atoms. The maximum absolute atomic E-state index is 9.80. The molecule has 1 aliphatic rings. The molecule has 1 heterocycles. The fourth-order valence-corrected chi connectivity index (χ4v) is 1.90. The van der Waals surface area contributed by atoms with Crippen molar-refractivity contribution in [1.82, 2.24) is 0 Å². The predicted octanol–water partition coefficient (Wildman–Crippen LogP) is -0.654. The van der Waals surface area contributed by atoms with Crippen LogP contribution in [-0.2, 0) is 8.54 Å². The van der Waals surface area contributed by atoms with E-state index in [1.54, 1.807) is 0 Å². The first-order valence-corrected chi connectivity index (χ1v) is 5.97. The first-order chi connectivity index (χ1) is 4.18. The van der Waals surface area contributed by atoms with E-state index in [0.717, 1.165) is 0 Å². The Morgan fingerprint density at radius 1 is 1.67 bits per heavy atom. The topological polar surface area (TPSA) is 87.9 Å². The third-order valence-electron chi connectivity index (χ3n) is 0.431. The quantitative estimate of drug-likeness (QED) is 0.380. The molecule has 7 nitrogen and oxygen atoms in total. The summed E-state index contributed by atoms with van der Waals surface area (Å²) in [4.78, 5) is 19.3. The van der Waals surface area contributed by atoms with Crippen molar-refractivity contribution < 1.29 is 18.4 Å². The van der Waals surface area contributed by atoms with E-state index in [-0.39, 0.29) is 0 Å². The average Bonchev–Trinajstić information content (AvgIpc) is 1.60. The Morgan fingerprint density at radius 3 is 2.56 bits per heavy atom. The Labute approximate surface area is 58.1 Å². The molecule has 50 valence electrons.